The summed E-state index contributed by atoms with van der Waals surface area (Å²) in [5, 5.41) is 14.2. The van der Waals surface area contributed by atoms with E-state index in [1.807, 2.05) is 18.2 Å². The maximum absolute atomic E-state index is 10.3. The highest BCUT2D eigenvalue weighted by Crippen LogP contribution is 2.23. The van der Waals surface area contributed by atoms with Crippen molar-refractivity contribution in [3.05, 3.63) is 34.9 Å². The van der Waals surface area contributed by atoms with Gasteiger partial charge in [-0.3, -0.25) is 4.99 Å². The summed E-state index contributed by atoms with van der Waals surface area (Å²) in [4.78, 5) is 6.90. The molecular weight excluding hydrogens is 298 g/mol. The van der Waals surface area contributed by atoms with Crippen LogP contribution < -0.4 is 5.32 Å². The number of likely N-dealkylation sites (tertiary alicyclic amines) is 1. The Hall–Kier alpha value is -1.26. The first-order chi connectivity index (χ1) is 10.6. The minimum atomic E-state index is -0.676. The van der Waals surface area contributed by atoms with Gasteiger partial charge in [0, 0.05) is 30.2 Å². The predicted octanol–water partition coefficient (Wildman–Crippen LogP) is 3.07. The molecule has 0 aliphatic carbocycles. The Morgan fingerprint density at radius 3 is 2.95 bits per heavy atom. The van der Waals surface area contributed by atoms with E-state index in [-0.39, 0.29) is 0 Å². The average molecular weight is 324 g/mol. The lowest BCUT2D eigenvalue weighted by Gasteiger charge is -2.33. The second kappa shape index (κ2) is 8.39. The topological polar surface area (TPSA) is 47.9 Å². The van der Waals surface area contributed by atoms with E-state index in [0.717, 1.165) is 31.2 Å². The molecule has 1 aliphatic heterocycles. The standard InChI is InChI=1S/C17H26ClN3O/c1-3-19-17(21-10-6-7-13(2)12-21)20-11-16(22)14-8-4-5-9-15(14)18/h4-5,8-9,13,16,22H,3,6-7,10-12H2,1-2H3,(H,19,20). The fourth-order valence-electron chi connectivity index (χ4n) is 2.82. The Bertz CT molecular complexity index is 506. The van der Waals surface area contributed by atoms with E-state index in [1.54, 1.807) is 6.07 Å². The molecule has 0 saturated carbocycles. The lowest BCUT2D eigenvalue weighted by atomic mass is 10.0. The highest BCUT2D eigenvalue weighted by molar-refractivity contribution is 6.31. The van der Waals surface area contributed by atoms with Gasteiger partial charge in [0.05, 0.1) is 6.54 Å². The second-order valence-electron chi connectivity index (χ2n) is 5.93. The zero-order chi connectivity index (χ0) is 15.9. The number of aliphatic hydroxyl groups is 1. The van der Waals surface area contributed by atoms with E-state index in [0.29, 0.717) is 17.5 Å². The Kier molecular flexibility index (Phi) is 6.52. The molecule has 2 atom stereocenters. The number of rotatable bonds is 4. The SMILES string of the molecule is CCNC(=NCC(O)c1ccccc1Cl)N1CCCC(C)C1. The summed E-state index contributed by atoms with van der Waals surface area (Å²) in [7, 11) is 0. The van der Waals surface area contributed by atoms with Gasteiger partial charge in [-0.2, -0.15) is 0 Å². The van der Waals surface area contributed by atoms with Gasteiger partial charge in [-0.1, -0.05) is 36.7 Å². The van der Waals surface area contributed by atoms with Crippen molar-refractivity contribution >= 4 is 17.6 Å². The van der Waals surface area contributed by atoms with E-state index < -0.39 is 6.10 Å². The van der Waals surface area contributed by atoms with E-state index in [4.69, 9.17) is 11.6 Å². The summed E-state index contributed by atoms with van der Waals surface area (Å²) in [5.41, 5.74) is 0.732. The Morgan fingerprint density at radius 1 is 1.50 bits per heavy atom. The van der Waals surface area contributed by atoms with Gasteiger partial charge in [-0.15, -0.1) is 0 Å². The summed E-state index contributed by atoms with van der Waals surface area (Å²) in [5.74, 6) is 1.58. The largest absolute Gasteiger partial charge is 0.386 e. The molecule has 4 nitrogen and oxygen atoms in total. The molecule has 0 spiro atoms. The molecule has 1 fully saturated rings. The van der Waals surface area contributed by atoms with Crippen molar-refractivity contribution in [2.45, 2.75) is 32.8 Å². The molecule has 2 rings (SSSR count). The van der Waals surface area contributed by atoms with Crippen LogP contribution in [-0.4, -0.2) is 42.1 Å². The number of nitrogens with zero attached hydrogens (tertiary/aromatic N) is 2. The molecule has 0 amide bonds. The van der Waals surface area contributed by atoms with Crippen LogP contribution in [0.5, 0.6) is 0 Å². The van der Waals surface area contributed by atoms with Crippen molar-refractivity contribution in [1.82, 2.24) is 10.2 Å². The van der Waals surface area contributed by atoms with Crippen LogP contribution in [0.3, 0.4) is 0 Å². The van der Waals surface area contributed by atoms with Gasteiger partial charge >= 0.3 is 0 Å². The van der Waals surface area contributed by atoms with Gasteiger partial charge in [0.2, 0.25) is 0 Å². The predicted molar refractivity (Wildman–Crippen MR) is 92.4 cm³/mol. The maximum atomic E-state index is 10.3. The molecule has 1 aromatic carbocycles. The summed E-state index contributed by atoms with van der Waals surface area (Å²) >= 11 is 6.13. The number of piperidine rings is 1. The molecule has 122 valence electrons. The fraction of sp³-hybridized carbons (Fsp3) is 0.588. The lowest BCUT2D eigenvalue weighted by molar-refractivity contribution is 0.186. The number of nitrogens with one attached hydrogen (secondary N) is 1. The molecule has 0 radical (unpaired) electrons. The molecule has 1 aromatic rings. The van der Waals surface area contributed by atoms with E-state index >= 15 is 0 Å². The highest BCUT2D eigenvalue weighted by Gasteiger charge is 2.19. The van der Waals surface area contributed by atoms with Crippen molar-refractivity contribution in [2.75, 3.05) is 26.2 Å². The van der Waals surface area contributed by atoms with Gasteiger partial charge in [0.1, 0.15) is 6.10 Å². The first-order valence-electron chi connectivity index (χ1n) is 8.07. The van der Waals surface area contributed by atoms with Crippen LogP contribution in [0.15, 0.2) is 29.3 Å². The molecule has 2 unspecified atom stereocenters. The molecular formula is C17H26ClN3O. The van der Waals surface area contributed by atoms with Gasteiger partial charge in [-0.05, 0) is 31.7 Å². The molecule has 22 heavy (non-hydrogen) atoms. The smallest absolute Gasteiger partial charge is 0.194 e. The molecule has 5 heteroatoms. The first-order valence-corrected chi connectivity index (χ1v) is 8.45. The third-order valence-electron chi connectivity index (χ3n) is 3.97. The maximum Gasteiger partial charge on any atom is 0.194 e. The van der Waals surface area contributed by atoms with Crippen molar-refractivity contribution in [2.24, 2.45) is 10.9 Å². The number of hydrogen-bond donors (Lipinski definition) is 2. The molecule has 1 aliphatic rings. The van der Waals surface area contributed by atoms with E-state index in [1.165, 1.54) is 12.8 Å². The minimum Gasteiger partial charge on any atom is -0.386 e. The van der Waals surface area contributed by atoms with Gasteiger partial charge in [0.25, 0.3) is 0 Å². The number of aliphatic imine (C=N–C) groups is 1. The number of aliphatic hydroxyl groups excluding tert-OH is 1. The molecule has 1 heterocycles. The fourth-order valence-corrected chi connectivity index (χ4v) is 3.09. The molecule has 0 bridgehead atoms. The average Bonchev–Trinajstić information content (AvgIpc) is 2.51. The van der Waals surface area contributed by atoms with Crippen LogP contribution in [-0.2, 0) is 0 Å². The van der Waals surface area contributed by atoms with Crippen molar-refractivity contribution < 1.29 is 5.11 Å². The van der Waals surface area contributed by atoms with Crippen LogP contribution in [0.2, 0.25) is 5.02 Å². The highest BCUT2D eigenvalue weighted by atomic mass is 35.5. The van der Waals surface area contributed by atoms with Gasteiger partial charge in [0.15, 0.2) is 5.96 Å². The Morgan fingerprint density at radius 2 is 2.27 bits per heavy atom. The van der Waals surface area contributed by atoms with Crippen molar-refractivity contribution in [3.63, 3.8) is 0 Å². The summed E-state index contributed by atoms with van der Waals surface area (Å²) in [6, 6.07) is 7.38. The minimum absolute atomic E-state index is 0.316. The van der Waals surface area contributed by atoms with Crippen LogP contribution in [0, 0.1) is 5.92 Å². The summed E-state index contributed by atoms with van der Waals surface area (Å²) in [6.07, 6.45) is 1.79. The number of hydrogen-bond acceptors (Lipinski definition) is 2. The Balaban J connectivity index is 2.05. The van der Waals surface area contributed by atoms with E-state index in [9.17, 15) is 5.11 Å². The number of guanidine groups is 1. The molecule has 2 N–H and O–H groups in total. The molecule has 1 saturated heterocycles. The zero-order valence-corrected chi connectivity index (χ0v) is 14.2. The number of benzene rings is 1. The van der Waals surface area contributed by atoms with Gasteiger partial charge in [-0.25, -0.2) is 0 Å². The third-order valence-corrected chi connectivity index (χ3v) is 4.31. The van der Waals surface area contributed by atoms with Crippen LogP contribution in [0.4, 0.5) is 0 Å². The normalized spacial score (nSPS) is 20.8. The van der Waals surface area contributed by atoms with Crippen LogP contribution >= 0.6 is 11.6 Å². The first kappa shape index (κ1) is 17.1. The number of halogens is 1. The molecule has 0 aromatic heterocycles. The summed E-state index contributed by atoms with van der Waals surface area (Å²) < 4.78 is 0. The van der Waals surface area contributed by atoms with Crippen molar-refractivity contribution in [1.29, 1.82) is 0 Å². The zero-order valence-electron chi connectivity index (χ0n) is 13.4. The Labute approximate surface area is 138 Å². The monoisotopic (exact) mass is 323 g/mol. The van der Waals surface area contributed by atoms with Crippen molar-refractivity contribution in [3.8, 4) is 0 Å². The third kappa shape index (κ3) is 4.62. The van der Waals surface area contributed by atoms with Gasteiger partial charge < -0.3 is 15.3 Å². The quantitative estimate of drug-likeness (QED) is 0.661. The van der Waals surface area contributed by atoms with E-state index in [2.05, 4.69) is 29.1 Å². The lowest BCUT2D eigenvalue weighted by Crippen LogP contribution is -2.46. The summed E-state index contributed by atoms with van der Waals surface area (Å²) in [6.45, 7) is 7.52. The van der Waals surface area contributed by atoms with Crippen LogP contribution in [0.25, 0.3) is 0 Å². The second-order valence-corrected chi connectivity index (χ2v) is 6.33. The van der Waals surface area contributed by atoms with Crippen LogP contribution in [0.1, 0.15) is 38.4 Å².